The number of nitrogens with one attached hydrogen (secondary N) is 1. The topological polar surface area (TPSA) is 84.9 Å². The van der Waals surface area contributed by atoms with Crippen LogP contribution in [0, 0.1) is 0 Å². The van der Waals surface area contributed by atoms with E-state index in [0.717, 1.165) is 16.7 Å². The van der Waals surface area contributed by atoms with Crippen LogP contribution in [0.15, 0.2) is 70.0 Å². The first-order valence-corrected chi connectivity index (χ1v) is 13.7. The van der Waals surface area contributed by atoms with E-state index in [9.17, 15) is 14.4 Å². The van der Waals surface area contributed by atoms with E-state index >= 15 is 0 Å². The highest BCUT2D eigenvalue weighted by molar-refractivity contribution is 9.10. The monoisotopic (exact) mass is 634 g/mol. The Bertz CT molecular complexity index is 1420. The number of hydrogen-bond donors (Lipinski definition) is 1. The molecule has 0 saturated carbocycles. The highest BCUT2D eigenvalue weighted by Crippen LogP contribution is 2.40. The van der Waals surface area contributed by atoms with Gasteiger partial charge in [0.2, 0.25) is 0 Å². The number of thioether (sulfide) groups is 1. The molecular weight excluding hydrogens is 615 g/mol. The number of amides is 3. The first-order valence-electron chi connectivity index (χ1n) is 11.4. The molecule has 38 heavy (non-hydrogen) atoms. The SMILES string of the molecule is CCOc1cc(/C=C2\SC(=O)N(Cc3ccc(Cl)cc3Cl)C2=O)cc(Br)c1OCC(=O)Nc1ccccc1. The van der Waals surface area contributed by atoms with Crippen molar-refractivity contribution in [2.24, 2.45) is 0 Å². The Morgan fingerprint density at radius 2 is 1.84 bits per heavy atom. The lowest BCUT2D eigenvalue weighted by Gasteiger charge is -2.15. The van der Waals surface area contributed by atoms with Crippen LogP contribution >= 0.6 is 50.9 Å². The molecule has 0 bridgehead atoms. The number of carbonyl (C=O) groups is 3. The van der Waals surface area contributed by atoms with Crippen molar-refractivity contribution in [2.45, 2.75) is 13.5 Å². The summed E-state index contributed by atoms with van der Waals surface area (Å²) < 4.78 is 12.0. The zero-order valence-electron chi connectivity index (χ0n) is 20.0. The van der Waals surface area contributed by atoms with Gasteiger partial charge in [-0.2, -0.15) is 0 Å². The smallest absolute Gasteiger partial charge is 0.293 e. The van der Waals surface area contributed by atoms with E-state index in [2.05, 4.69) is 21.2 Å². The van der Waals surface area contributed by atoms with Crippen LogP contribution in [0.3, 0.4) is 0 Å². The molecule has 1 aliphatic heterocycles. The van der Waals surface area contributed by atoms with E-state index in [1.807, 2.05) is 25.1 Å². The third kappa shape index (κ3) is 6.91. The van der Waals surface area contributed by atoms with Crippen LogP contribution in [0.5, 0.6) is 11.5 Å². The van der Waals surface area contributed by atoms with E-state index in [4.69, 9.17) is 32.7 Å². The maximum Gasteiger partial charge on any atom is 0.293 e. The van der Waals surface area contributed by atoms with Gasteiger partial charge in [-0.3, -0.25) is 19.3 Å². The van der Waals surface area contributed by atoms with Crippen molar-refractivity contribution in [3.63, 3.8) is 0 Å². The van der Waals surface area contributed by atoms with Crippen molar-refractivity contribution in [3.05, 3.63) is 91.2 Å². The zero-order chi connectivity index (χ0) is 27.2. The van der Waals surface area contributed by atoms with Crippen LogP contribution in [-0.4, -0.2) is 35.2 Å². The standard InChI is InChI=1S/C27H21BrCl2N2O5S/c1-2-36-22-11-16(10-20(28)25(22)37-15-24(33)31-19-6-4-3-5-7-19)12-23-26(34)32(27(35)38-23)14-17-8-9-18(29)13-21(17)30/h3-13H,2,14-15H2,1H3,(H,31,33)/b23-12-. The molecule has 0 spiro atoms. The molecule has 0 radical (unpaired) electrons. The molecular formula is C27H21BrCl2N2O5S. The molecule has 4 rings (SSSR count). The fourth-order valence-corrected chi connectivity index (χ4v) is 5.42. The van der Waals surface area contributed by atoms with Crippen molar-refractivity contribution >= 4 is 79.7 Å². The summed E-state index contributed by atoms with van der Waals surface area (Å²) >= 11 is 16.5. The van der Waals surface area contributed by atoms with Gasteiger partial charge in [0.15, 0.2) is 18.1 Å². The maximum absolute atomic E-state index is 13.0. The van der Waals surface area contributed by atoms with Crippen molar-refractivity contribution in [3.8, 4) is 11.5 Å². The molecule has 1 heterocycles. The fourth-order valence-electron chi connectivity index (χ4n) is 3.54. The number of halogens is 3. The van der Waals surface area contributed by atoms with Gasteiger partial charge in [-0.05, 0) is 88.2 Å². The Kier molecular flexibility index (Phi) is 9.38. The summed E-state index contributed by atoms with van der Waals surface area (Å²) in [5.41, 5.74) is 1.88. The minimum atomic E-state index is -0.432. The highest BCUT2D eigenvalue weighted by atomic mass is 79.9. The van der Waals surface area contributed by atoms with Crippen LogP contribution in [-0.2, 0) is 16.1 Å². The number of hydrogen-bond acceptors (Lipinski definition) is 6. The van der Waals surface area contributed by atoms with Crippen LogP contribution in [0.2, 0.25) is 10.0 Å². The van der Waals surface area contributed by atoms with Gasteiger partial charge < -0.3 is 14.8 Å². The molecule has 0 atom stereocenters. The third-order valence-corrected chi connectivity index (χ3v) is 7.34. The van der Waals surface area contributed by atoms with Crippen LogP contribution in [0.1, 0.15) is 18.1 Å². The molecule has 0 aromatic heterocycles. The number of imide groups is 1. The number of rotatable bonds is 9. The van der Waals surface area contributed by atoms with Crippen molar-refractivity contribution in [1.82, 2.24) is 4.90 Å². The Labute approximate surface area is 242 Å². The summed E-state index contributed by atoms with van der Waals surface area (Å²) in [6, 6.07) is 17.4. The first kappa shape index (κ1) is 28.0. The van der Waals surface area contributed by atoms with Gasteiger partial charge in [-0.25, -0.2) is 0 Å². The third-order valence-electron chi connectivity index (χ3n) is 5.25. The van der Waals surface area contributed by atoms with Crippen LogP contribution in [0.25, 0.3) is 6.08 Å². The van der Waals surface area contributed by atoms with Crippen LogP contribution < -0.4 is 14.8 Å². The second kappa shape index (κ2) is 12.7. The van der Waals surface area contributed by atoms with E-state index in [-0.39, 0.29) is 24.0 Å². The molecule has 3 aromatic carbocycles. The minimum Gasteiger partial charge on any atom is -0.490 e. The summed E-state index contributed by atoms with van der Waals surface area (Å²) in [6.07, 6.45) is 1.60. The van der Waals surface area contributed by atoms with E-state index in [1.165, 1.54) is 0 Å². The molecule has 1 saturated heterocycles. The van der Waals surface area contributed by atoms with E-state index < -0.39 is 11.1 Å². The second-order valence-electron chi connectivity index (χ2n) is 7.97. The molecule has 1 N–H and O–H groups in total. The van der Waals surface area contributed by atoms with Crippen molar-refractivity contribution in [1.29, 1.82) is 0 Å². The molecule has 11 heteroatoms. The number of nitrogens with zero attached hydrogens (tertiary/aromatic N) is 1. The summed E-state index contributed by atoms with van der Waals surface area (Å²) in [7, 11) is 0. The van der Waals surface area contributed by atoms with Gasteiger partial charge in [0.25, 0.3) is 17.1 Å². The number of para-hydroxylation sites is 1. The Morgan fingerprint density at radius 3 is 2.55 bits per heavy atom. The van der Waals surface area contributed by atoms with E-state index in [1.54, 1.807) is 48.5 Å². The lowest BCUT2D eigenvalue weighted by molar-refractivity contribution is -0.123. The Hall–Kier alpha value is -2.98. The molecule has 0 aliphatic carbocycles. The lowest BCUT2D eigenvalue weighted by atomic mass is 10.1. The molecule has 1 aliphatic rings. The van der Waals surface area contributed by atoms with Gasteiger partial charge in [0, 0.05) is 15.7 Å². The average molecular weight is 636 g/mol. The number of ether oxygens (including phenoxy) is 2. The molecule has 1 fully saturated rings. The molecule has 7 nitrogen and oxygen atoms in total. The number of carbonyl (C=O) groups excluding carboxylic acids is 3. The summed E-state index contributed by atoms with van der Waals surface area (Å²) in [5, 5.41) is 3.20. The molecule has 3 amide bonds. The quantitative estimate of drug-likeness (QED) is 0.247. The first-order chi connectivity index (χ1) is 18.2. The minimum absolute atomic E-state index is 0.0315. The van der Waals surface area contributed by atoms with Gasteiger partial charge in [0.1, 0.15) is 0 Å². The summed E-state index contributed by atoms with van der Waals surface area (Å²) in [4.78, 5) is 39.4. The lowest BCUT2D eigenvalue weighted by Crippen LogP contribution is -2.27. The largest absolute Gasteiger partial charge is 0.490 e. The number of anilines is 1. The zero-order valence-corrected chi connectivity index (χ0v) is 23.9. The normalized spacial score (nSPS) is 14.2. The predicted octanol–water partition coefficient (Wildman–Crippen LogP) is 7.41. The van der Waals surface area contributed by atoms with Gasteiger partial charge >= 0.3 is 0 Å². The second-order valence-corrected chi connectivity index (χ2v) is 10.7. The highest BCUT2D eigenvalue weighted by Gasteiger charge is 2.35. The molecule has 0 unspecified atom stereocenters. The fraction of sp³-hybridized carbons (Fsp3) is 0.148. The van der Waals surface area contributed by atoms with Crippen molar-refractivity contribution in [2.75, 3.05) is 18.5 Å². The van der Waals surface area contributed by atoms with Gasteiger partial charge in [-0.15, -0.1) is 0 Å². The summed E-state index contributed by atoms with van der Waals surface area (Å²) in [5.74, 6) is -0.0346. The van der Waals surface area contributed by atoms with Crippen LogP contribution in [0.4, 0.5) is 10.5 Å². The Morgan fingerprint density at radius 1 is 1.08 bits per heavy atom. The Balaban J connectivity index is 1.50. The van der Waals surface area contributed by atoms with Gasteiger partial charge in [0.05, 0.1) is 22.5 Å². The maximum atomic E-state index is 13.0. The molecule has 3 aromatic rings. The average Bonchev–Trinajstić information content (AvgIpc) is 3.13. The predicted molar refractivity (Wildman–Crippen MR) is 154 cm³/mol. The van der Waals surface area contributed by atoms with Crippen molar-refractivity contribution < 1.29 is 23.9 Å². The number of benzene rings is 3. The van der Waals surface area contributed by atoms with Gasteiger partial charge in [-0.1, -0.05) is 47.5 Å². The molecule has 196 valence electrons. The van der Waals surface area contributed by atoms with E-state index in [0.29, 0.717) is 49.4 Å². The summed E-state index contributed by atoms with van der Waals surface area (Å²) in [6.45, 7) is 1.96.